The predicted octanol–water partition coefficient (Wildman–Crippen LogP) is 3.61. The van der Waals surface area contributed by atoms with Crippen molar-refractivity contribution in [2.24, 2.45) is 11.3 Å². The number of amides is 2. The standard InChI is InChI=1S/C26H31N3O4S/c1-15-12-29(21-20(30)13-33-22(15)21)25(32)23(26(3)10-4-5-11-26)28-24(31)18-8-6-17(7-9-18)19-14-34-16(2)27-19/h6-9,14-15,21-23H,4-5,10-13H2,1-3H3,(H,28,31)/t15-,21-,22-,23-/m1/s1. The Morgan fingerprint density at radius 2 is 1.94 bits per heavy atom. The Morgan fingerprint density at radius 3 is 2.59 bits per heavy atom. The average molecular weight is 482 g/mol. The van der Waals surface area contributed by atoms with E-state index in [1.165, 1.54) is 0 Å². The Kier molecular flexibility index (Phi) is 6.06. The smallest absolute Gasteiger partial charge is 0.251 e. The third kappa shape index (κ3) is 4.07. The van der Waals surface area contributed by atoms with Gasteiger partial charge in [-0.05, 0) is 37.3 Å². The summed E-state index contributed by atoms with van der Waals surface area (Å²) in [4.78, 5) is 45.9. The van der Waals surface area contributed by atoms with Gasteiger partial charge in [0, 0.05) is 29.0 Å². The summed E-state index contributed by atoms with van der Waals surface area (Å²) in [6.07, 6.45) is 3.55. The molecule has 0 radical (unpaired) electrons. The fourth-order valence-corrected chi connectivity index (χ4v) is 6.42. The quantitative estimate of drug-likeness (QED) is 0.705. The van der Waals surface area contributed by atoms with Crippen LogP contribution < -0.4 is 5.32 Å². The number of carbonyl (C=O) groups excluding carboxylic acids is 3. The molecule has 1 aromatic carbocycles. The molecule has 2 saturated heterocycles. The monoisotopic (exact) mass is 481 g/mol. The lowest BCUT2D eigenvalue weighted by atomic mass is 9.79. The molecule has 1 aromatic heterocycles. The van der Waals surface area contributed by atoms with Gasteiger partial charge in [-0.1, -0.05) is 38.8 Å². The molecule has 7 nitrogen and oxygen atoms in total. The summed E-state index contributed by atoms with van der Waals surface area (Å²) >= 11 is 1.59. The van der Waals surface area contributed by atoms with Gasteiger partial charge >= 0.3 is 0 Å². The van der Waals surface area contributed by atoms with Gasteiger partial charge in [0.1, 0.15) is 18.7 Å². The van der Waals surface area contributed by atoms with Crippen LogP contribution in [0.1, 0.15) is 54.9 Å². The largest absolute Gasteiger partial charge is 0.367 e. The average Bonchev–Trinajstić information content (AvgIpc) is 3.60. The number of rotatable bonds is 5. The van der Waals surface area contributed by atoms with Crippen molar-refractivity contribution in [1.29, 1.82) is 0 Å². The molecule has 8 heteroatoms. The minimum atomic E-state index is -0.678. The molecule has 1 N–H and O–H groups in total. The van der Waals surface area contributed by atoms with E-state index in [4.69, 9.17) is 4.74 Å². The second kappa shape index (κ2) is 8.89. The van der Waals surface area contributed by atoms with Crippen molar-refractivity contribution in [2.75, 3.05) is 13.2 Å². The molecule has 3 aliphatic rings. The maximum Gasteiger partial charge on any atom is 0.251 e. The first-order valence-electron chi connectivity index (χ1n) is 12.0. The number of benzene rings is 1. The van der Waals surface area contributed by atoms with E-state index < -0.39 is 12.1 Å². The summed E-state index contributed by atoms with van der Waals surface area (Å²) in [5.74, 6) is -0.386. The van der Waals surface area contributed by atoms with Crippen LogP contribution in [0.2, 0.25) is 0 Å². The minimum Gasteiger partial charge on any atom is -0.367 e. The van der Waals surface area contributed by atoms with Crippen LogP contribution in [0.25, 0.3) is 11.3 Å². The molecular weight excluding hydrogens is 450 g/mol. The van der Waals surface area contributed by atoms with Crippen LogP contribution in [0.4, 0.5) is 0 Å². The van der Waals surface area contributed by atoms with Gasteiger partial charge in [0.05, 0.1) is 16.8 Å². The number of aromatic nitrogens is 1. The molecule has 3 fully saturated rings. The number of carbonyl (C=O) groups is 3. The van der Waals surface area contributed by atoms with E-state index in [2.05, 4.69) is 17.2 Å². The fraction of sp³-hybridized carbons (Fsp3) is 0.538. The zero-order chi connectivity index (χ0) is 24.0. The normalized spacial score (nSPS) is 26.5. The lowest BCUT2D eigenvalue weighted by Gasteiger charge is -2.37. The number of nitrogens with zero attached hydrogens (tertiary/aromatic N) is 2. The highest BCUT2D eigenvalue weighted by Crippen LogP contribution is 2.42. The lowest BCUT2D eigenvalue weighted by Crippen LogP contribution is -2.57. The SMILES string of the molecule is Cc1nc(-c2ccc(C(=O)N[C@H](C(=O)N3C[C@@H](C)[C@H]4OCC(=O)[C@H]43)C3(C)CCCC3)cc2)cs1. The van der Waals surface area contributed by atoms with E-state index >= 15 is 0 Å². The Balaban J connectivity index is 1.38. The van der Waals surface area contributed by atoms with Crippen molar-refractivity contribution in [3.05, 3.63) is 40.2 Å². The van der Waals surface area contributed by atoms with Crippen LogP contribution in [0.3, 0.4) is 0 Å². The van der Waals surface area contributed by atoms with Gasteiger partial charge in [0.25, 0.3) is 5.91 Å². The molecule has 5 rings (SSSR count). The van der Waals surface area contributed by atoms with Gasteiger partial charge in [-0.3, -0.25) is 14.4 Å². The molecule has 2 aromatic rings. The van der Waals surface area contributed by atoms with Crippen LogP contribution in [0.5, 0.6) is 0 Å². The van der Waals surface area contributed by atoms with E-state index in [0.717, 1.165) is 41.9 Å². The van der Waals surface area contributed by atoms with Gasteiger partial charge in [0.2, 0.25) is 5.91 Å². The topological polar surface area (TPSA) is 88.6 Å². The number of nitrogens with one attached hydrogen (secondary N) is 1. The summed E-state index contributed by atoms with van der Waals surface area (Å²) in [5, 5.41) is 6.06. The van der Waals surface area contributed by atoms with Gasteiger partial charge in [-0.25, -0.2) is 4.98 Å². The molecule has 34 heavy (non-hydrogen) atoms. The first kappa shape index (κ1) is 23.2. The molecule has 180 valence electrons. The lowest BCUT2D eigenvalue weighted by molar-refractivity contribution is -0.140. The molecular formula is C26H31N3O4S. The summed E-state index contributed by atoms with van der Waals surface area (Å²) in [6.45, 7) is 6.60. The van der Waals surface area contributed by atoms with Gasteiger partial charge in [-0.15, -0.1) is 11.3 Å². The third-order valence-electron chi connectivity index (χ3n) is 7.75. The number of hydrogen-bond acceptors (Lipinski definition) is 6. The van der Waals surface area contributed by atoms with Crippen molar-refractivity contribution >= 4 is 28.9 Å². The highest BCUT2D eigenvalue weighted by molar-refractivity contribution is 7.09. The Morgan fingerprint density at radius 1 is 1.24 bits per heavy atom. The van der Waals surface area contributed by atoms with Gasteiger partial charge in [0.15, 0.2) is 5.78 Å². The van der Waals surface area contributed by atoms with Crippen LogP contribution >= 0.6 is 11.3 Å². The molecule has 1 aliphatic carbocycles. The summed E-state index contributed by atoms with van der Waals surface area (Å²) < 4.78 is 5.68. The van der Waals surface area contributed by atoms with Crippen molar-refractivity contribution in [3.63, 3.8) is 0 Å². The second-order valence-corrected chi connectivity index (χ2v) is 11.3. The fourth-order valence-electron chi connectivity index (χ4n) is 5.79. The Hall–Kier alpha value is -2.58. The predicted molar refractivity (Wildman–Crippen MR) is 130 cm³/mol. The molecule has 1 saturated carbocycles. The third-order valence-corrected chi connectivity index (χ3v) is 8.52. The van der Waals surface area contributed by atoms with E-state index in [9.17, 15) is 14.4 Å². The zero-order valence-corrected chi connectivity index (χ0v) is 20.7. The first-order chi connectivity index (χ1) is 16.3. The van der Waals surface area contributed by atoms with Crippen molar-refractivity contribution in [3.8, 4) is 11.3 Å². The zero-order valence-electron chi connectivity index (χ0n) is 19.9. The van der Waals surface area contributed by atoms with Crippen molar-refractivity contribution in [1.82, 2.24) is 15.2 Å². The number of Topliss-reactive ketones (excluding diaryl/α,β-unsaturated/α-hetero) is 1. The number of fused-ring (bicyclic) bond motifs is 1. The van der Waals surface area contributed by atoms with E-state index in [-0.39, 0.29) is 41.6 Å². The number of aryl methyl sites for hydroxylation is 1. The highest BCUT2D eigenvalue weighted by atomic mass is 32.1. The molecule has 0 unspecified atom stereocenters. The molecule has 2 amide bonds. The summed E-state index contributed by atoms with van der Waals surface area (Å²) in [7, 11) is 0. The Labute approximate surface area is 203 Å². The highest BCUT2D eigenvalue weighted by Gasteiger charge is 2.54. The number of ketones is 1. The number of likely N-dealkylation sites (tertiary alicyclic amines) is 1. The van der Waals surface area contributed by atoms with Crippen molar-refractivity contribution < 1.29 is 19.1 Å². The van der Waals surface area contributed by atoms with Gasteiger partial charge < -0.3 is 15.0 Å². The minimum absolute atomic E-state index is 0.0442. The molecule has 4 atom stereocenters. The summed E-state index contributed by atoms with van der Waals surface area (Å²) in [5.41, 5.74) is 2.01. The second-order valence-electron chi connectivity index (χ2n) is 10.3. The van der Waals surface area contributed by atoms with Crippen LogP contribution in [-0.4, -0.2) is 58.8 Å². The maximum absolute atomic E-state index is 13.9. The number of thiazole rings is 1. The van der Waals surface area contributed by atoms with Crippen LogP contribution in [-0.2, 0) is 14.3 Å². The number of hydrogen-bond donors (Lipinski definition) is 1. The molecule has 2 aliphatic heterocycles. The van der Waals surface area contributed by atoms with Crippen LogP contribution in [0.15, 0.2) is 29.6 Å². The van der Waals surface area contributed by atoms with Crippen molar-refractivity contribution in [2.45, 2.75) is 64.6 Å². The van der Waals surface area contributed by atoms with E-state index in [0.29, 0.717) is 12.1 Å². The summed E-state index contributed by atoms with van der Waals surface area (Å²) in [6, 6.07) is 6.12. The molecule has 0 spiro atoms. The van der Waals surface area contributed by atoms with E-state index in [1.807, 2.05) is 31.4 Å². The molecule has 0 bridgehead atoms. The first-order valence-corrected chi connectivity index (χ1v) is 12.9. The molecule has 3 heterocycles. The van der Waals surface area contributed by atoms with Crippen LogP contribution in [0, 0.1) is 18.3 Å². The Bertz CT molecular complexity index is 1110. The van der Waals surface area contributed by atoms with E-state index in [1.54, 1.807) is 28.4 Å². The number of ether oxygens (including phenoxy) is 1. The van der Waals surface area contributed by atoms with Gasteiger partial charge in [-0.2, -0.15) is 0 Å². The maximum atomic E-state index is 13.9.